The Labute approximate surface area is 80.3 Å². The molecule has 0 heterocycles. The lowest BCUT2D eigenvalue weighted by molar-refractivity contribution is -0.492. The van der Waals surface area contributed by atoms with Gasteiger partial charge in [0, 0.05) is 5.50 Å². The summed E-state index contributed by atoms with van der Waals surface area (Å²) in [7, 11) is 5.92. The summed E-state index contributed by atoms with van der Waals surface area (Å²) in [6.07, 6.45) is 1.36. The molecule has 0 bridgehead atoms. The first-order valence-electron chi connectivity index (χ1n) is 5.52. The molecule has 68 valence electrons. The minimum atomic E-state index is -0.890. The highest BCUT2D eigenvalue weighted by molar-refractivity contribution is 6.15. The number of fused-ring (bicyclic) bond motifs is 2. The van der Waals surface area contributed by atoms with E-state index in [2.05, 4.69) is 6.92 Å². The van der Waals surface area contributed by atoms with Gasteiger partial charge in [-0.2, -0.15) is 0 Å². The van der Waals surface area contributed by atoms with E-state index in [1.807, 2.05) is 6.92 Å². The van der Waals surface area contributed by atoms with Crippen LogP contribution in [-0.4, -0.2) is 18.5 Å². The van der Waals surface area contributed by atoms with Gasteiger partial charge in [0.1, 0.15) is 7.85 Å². The zero-order chi connectivity index (χ0) is 9.17. The fourth-order valence-corrected chi connectivity index (χ4v) is 5.97. The van der Waals surface area contributed by atoms with Crippen LogP contribution in [-0.2, 0) is 0 Å². The Balaban J connectivity index is 1.78. The van der Waals surface area contributed by atoms with Crippen LogP contribution in [0.1, 0.15) is 20.3 Å². The van der Waals surface area contributed by atoms with Crippen LogP contribution in [0.15, 0.2) is 0 Å². The van der Waals surface area contributed by atoms with E-state index in [1.54, 1.807) is 0 Å². The summed E-state index contributed by atoms with van der Waals surface area (Å²) >= 11 is 0. The maximum atomic E-state index is 10.0. The van der Waals surface area contributed by atoms with Gasteiger partial charge in [-0.05, 0) is 54.3 Å². The van der Waals surface area contributed by atoms with Crippen LogP contribution in [0.25, 0.3) is 0 Å². The van der Waals surface area contributed by atoms with Crippen LogP contribution >= 0.6 is 0 Å². The number of hydrogen-bond acceptors (Lipinski definition) is 1. The van der Waals surface area contributed by atoms with Crippen LogP contribution in [0.5, 0.6) is 0 Å². The van der Waals surface area contributed by atoms with Crippen molar-refractivity contribution in [2.45, 2.75) is 25.8 Å². The van der Waals surface area contributed by atoms with Gasteiger partial charge >= 0.3 is 0 Å². The van der Waals surface area contributed by atoms with E-state index in [9.17, 15) is 5.11 Å². The highest BCUT2D eigenvalue weighted by Crippen LogP contribution is 2.94. The summed E-state index contributed by atoms with van der Waals surface area (Å²) in [6, 6.07) is 0. The lowest BCUT2D eigenvalue weighted by atomic mass is 9.08. The second-order valence-corrected chi connectivity index (χ2v) is 6.07. The van der Waals surface area contributed by atoms with E-state index in [1.165, 1.54) is 6.42 Å². The molecule has 0 aromatic carbocycles. The van der Waals surface area contributed by atoms with E-state index in [0.29, 0.717) is 0 Å². The second kappa shape index (κ2) is 1.52. The molecule has 0 saturated heterocycles. The molecule has 2 heteroatoms. The predicted molar refractivity (Wildman–Crippen MR) is 50.0 cm³/mol. The molecule has 1 N–H and O–H groups in total. The Kier molecular flexibility index (Phi) is 0.857. The smallest absolute Gasteiger partial charge is 0.113 e. The molecule has 0 aromatic rings. The Bertz CT molecular complexity index is 274. The summed E-state index contributed by atoms with van der Waals surface area (Å²) in [5.74, 6) is 5.18. The van der Waals surface area contributed by atoms with Crippen molar-refractivity contribution in [2.75, 3.05) is 0 Å². The van der Waals surface area contributed by atoms with E-state index in [4.69, 9.17) is 7.85 Å². The third kappa shape index (κ3) is 0.399. The highest BCUT2D eigenvalue weighted by Gasteiger charge is 2.92. The summed E-state index contributed by atoms with van der Waals surface area (Å²) in [5.41, 5.74) is -0.701. The van der Waals surface area contributed by atoms with Crippen LogP contribution in [0, 0.1) is 40.9 Å². The molecule has 4 rings (SSSR count). The molecule has 5 atom stereocenters. The fraction of sp³-hybridized carbons (Fsp3) is 1.00. The van der Waals surface area contributed by atoms with Gasteiger partial charge in [-0.1, -0.05) is 6.92 Å². The van der Waals surface area contributed by atoms with Crippen molar-refractivity contribution in [3.05, 3.63) is 0 Å². The molecule has 4 aliphatic carbocycles. The molecule has 0 aliphatic heterocycles. The van der Waals surface area contributed by atoms with Crippen molar-refractivity contribution in [1.29, 1.82) is 0 Å². The number of rotatable bonds is 1. The quantitative estimate of drug-likeness (QED) is 0.588. The number of hydrogen-bond donors (Lipinski definition) is 1. The van der Waals surface area contributed by atoms with Gasteiger partial charge in [-0.25, -0.2) is 0 Å². The SMILES string of the molecule is [B]C(C)(O)C12C3CC1C1C(C)C3C12. The van der Waals surface area contributed by atoms with Gasteiger partial charge in [0.25, 0.3) is 0 Å². The third-order valence-electron chi connectivity index (χ3n) is 6.14. The van der Waals surface area contributed by atoms with Crippen LogP contribution in [0.2, 0.25) is 0 Å². The largest absolute Gasteiger partial charge is 0.399 e. The van der Waals surface area contributed by atoms with Crippen molar-refractivity contribution in [2.24, 2.45) is 40.9 Å². The maximum Gasteiger partial charge on any atom is 0.113 e. The van der Waals surface area contributed by atoms with E-state index in [-0.39, 0.29) is 5.41 Å². The molecule has 4 saturated carbocycles. The third-order valence-corrected chi connectivity index (χ3v) is 6.14. The first-order chi connectivity index (χ1) is 6.01. The van der Waals surface area contributed by atoms with Gasteiger partial charge in [0.05, 0.1) is 0 Å². The molecule has 13 heavy (non-hydrogen) atoms. The highest BCUT2D eigenvalue weighted by atomic mass is 16.3. The van der Waals surface area contributed by atoms with Crippen molar-refractivity contribution < 1.29 is 5.11 Å². The molecule has 4 aliphatic rings. The molecule has 5 unspecified atom stereocenters. The van der Waals surface area contributed by atoms with Crippen LogP contribution < -0.4 is 0 Å². The second-order valence-electron chi connectivity index (χ2n) is 6.07. The molecule has 0 aromatic heterocycles. The molecule has 0 spiro atoms. The molecular weight excluding hydrogens is 159 g/mol. The molecule has 4 fully saturated rings. The molecule has 1 nitrogen and oxygen atoms in total. The molecular formula is C11H15BO. The van der Waals surface area contributed by atoms with Gasteiger partial charge in [-0.15, -0.1) is 0 Å². The maximum absolute atomic E-state index is 10.0. The lowest BCUT2D eigenvalue weighted by Crippen LogP contribution is -2.94. The monoisotopic (exact) mass is 174 g/mol. The average Bonchev–Trinajstić information content (AvgIpc) is 2.00. The molecule has 0 amide bonds. The summed E-state index contributed by atoms with van der Waals surface area (Å²) in [5, 5.41) is 10.0. The van der Waals surface area contributed by atoms with Crippen molar-refractivity contribution in [3.63, 3.8) is 0 Å². The van der Waals surface area contributed by atoms with Gasteiger partial charge in [0.2, 0.25) is 0 Å². The summed E-state index contributed by atoms with van der Waals surface area (Å²) < 4.78 is 0. The van der Waals surface area contributed by atoms with Gasteiger partial charge < -0.3 is 5.11 Å². The molecule has 2 radical (unpaired) electrons. The Morgan fingerprint density at radius 1 is 1.38 bits per heavy atom. The van der Waals surface area contributed by atoms with Crippen LogP contribution in [0.4, 0.5) is 0 Å². The zero-order valence-corrected chi connectivity index (χ0v) is 8.20. The normalized spacial score (nSPS) is 74.7. The van der Waals surface area contributed by atoms with E-state index >= 15 is 0 Å². The van der Waals surface area contributed by atoms with E-state index in [0.717, 1.165) is 35.5 Å². The standard InChI is InChI=1S/C11H15BO/c1-4-7-5-3-6-8(4)9(7)11(5,6)10(2,12)13/h4-9,13H,3H2,1-2H3. The minimum Gasteiger partial charge on any atom is -0.399 e. The summed E-state index contributed by atoms with van der Waals surface area (Å²) in [6.45, 7) is 4.21. The Morgan fingerprint density at radius 2 is 1.92 bits per heavy atom. The van der Waals surface area contributed by atoms with Crippen molar-refractivity contribution in [1.82, 2.24) is 0 Å². The van der Waals surface area contributed by atoms with Gasteiger partial charge in [0.15, 0.2) is 0 Å². The van der Waals surface area contributed by atoms with Gasteiger partial charge in [-0.3, -0.25) is 0 Å². The average molecular weight is 174 g/mol. The van der Waals surface area contributed by atoms with Crippen molar-refractivity contribution >= 4 is 7.85 Å². The van der Waals surface area contributed by atoms with Crippen LogP contribution in [0.3, 0.4) is 0 Å². The Morgan fingerprint density at radius 3 is 2.31 bits per heavy atom. The topological polar surface area (TPSA) is 20.2 Å². The summed E-state index contributed by atoms with van der Waals surface area (Å²) in [4.78, 5) is 0. The van der Waals surface area contributed by atoms with Crippen molar-refractivity contribution in [3.8, 4) is 0 Å². The first kappa shape index (κ1) is 7.33. The predicted octanol–water partition coefficient (Wildman–Crippen LogP) is 1.01. The van der Waals surface area contributed by atoms with E-state index < -0.39 is 5.50 Å². The fourth-order valence-electron chi connectivity index (χ4n) is 5.97. The first-order valence-corrected chi connectivity index (χ1v) is 5.52. The zero-order valence-electron chi connectivity index (χ0n) is 8.20. The number of aliphatic hydroxyl groups is 1. The minimum absolute atomic E-state index is 0.189. The Hall–Kier alpha value is 0.0249. The lowest BCUT2D eigenvalue weighted by Gasteiger charge is -2.96.